The fourth-order valence-electron chi connectivity index (χ4n) is 4.33. The Kier molecular flexibility index (Phi) is 5.34. The molecule has 4 rings (SSSR count). The first kappa shape index (κ1) is 20.5. The highest BCUT2D eigenvalue weighted by Crippen LogP contribution is 2.43. The molecule has 1 fully saturated rings. The van der Waals surface area contributed by atoms with Crippen molar-refractivity contribution in [3.05, 3.63) is 71.3 Å². The number of Topliss-reactive ketones (excluding diaryl/α,β-unsaturated/α-hetero) is 1. The number of sulfonamides is 1. The number of methoxy groups -OCH3 is 1. The van der Waals surface area contributed by atoms with Gasteiger partial charge < -0.3 is 4.74 Å². The van der Waals surface area contributed by atoms with Gasteiger partial charge in [0.1, 0.15) is 6.04 Å². The second kappa shape index (κ2) is 7.81. The first-order chi connectivity index (χ1) is 14.3. The number of hydrogen-bond acceptors (Lipinski definition) is 5. The predicted octanol–water partition coefficient (Wildman–Crippen LogP) is 2.97. The van der Waals surface area contributed by atoms with E-state index < -0.39 is 22.0 Å². The summed E-state index contributed by atoms with van der Waals surface area (Å²) in [5, 5.41) is 0. The Labute approximate surface area is 176 Å². The number of ketones is 1. The number of esters is 1. The Morgan fingerprint density at radius 2 is 1.73 bits per heavy atom. The SMILES string of the molecule is COC(=O)[C@@H]1C[C@@H]2CC(=O)C(c3ccccc3)=C2CN1S(=O)(=O)c1ccc(C)cc1. The molecule has 30 heavy (non-hydrogen) atoms. The maximum atomic E-state index is 13.5. The third-order valence-electron chi connectivity index (χ3n) is 5.87. The smallest absolute Gasteiger partial charge is 0.324 e. The van der Waals surface area contributed by atoms with E-state index in [9.17, 15) is 18.0 Å². The quantitative estimate of drug-likeness (QED) is 0.704. The highest BCUT2D eigenvalue weighted by molar-refractivity contribution is 7.89. The zero-order chi connectivity index (χ0) is 21.5. The van der Waals surface area contributed by atoms with Gasteiger partial charge in [0.2, 0.25) is 10.0 Å². The Balaban J connectivity index is 1.81. The molecule has 2 aromatic rings. The Morgan fingerprint density at radius 3 is 2.37 bits per heavy atom. The first-order valence-corrected chi connectivity index (χ1v) is 11.2. The maximum absolute atomic E-state index is 13.5. The Hall–Kier alpha value is -2.77. The number of aryl methyl sites for hydroxylation is 1. The third-order valence-corrected chi connectivity index (χ3v) is 7.74. The van der Waals surface area contributed by atoms with Crippen molar-refractivity contribution in [1.82, 2.24) is 4.31 Å². The van der Waals surface area contributed by atoms with Crippen LogP contribution in [0.2, 0.25) is 0 Å². The topological polar surface area (TPSA) is 80.8 Å². The largest absolute Gasteiger partial charge is 0.468 e. The number of nitrogens with zero attached hydrogens (tertiary/aromatic N) is 1. The lowest BCUT2D eigenvalue weighted by molar-refractivity contribution is -0.146. The summed E-state index contributed by atoms with van der Waals surface area (Å²) in [4.78, 5) is 25.4. The van der Waals surface area contributed by atoms with Crippen LogP contribution in [0.25, 0.3) is 5.57 Å². The number of ether oxygens (including phenoxy) is 1. The molecule has 6 nitrogen and oxygen atoms in total. The average molecular weight is 426 g/mol. The van der Waals surface area contributed by atoms with Crippen molar-refractivity contribution in [2.24, 2.45) is 5.92 Å². The molecule has 0 spiro atoms. The van der Waals surface area contributed by atoms with Gasteiger partial charge in [0.25, 0.3) is 0 Å². The highest BCUT2D eigenvalue weighted by Gasteiger charge is 2.47. The molecule has 0 unspecified atom stereocenters. The molecule has 7 heteroatoms. The summed E-state index contributed by atoms with van der Waals surface area (Å²) in [6.45, 7) is 1.87. The second-order valence-corrected chi connectivity index (χ2v) is 9.62. The number of hydrogen-bond donors (Lipinski definition) is 0. The molecule has 2 aromatic carbocycles. The molecular weight excluding hydrogens is 402 g/mol. The molecule has 0 amide bonds. The van der Waals surface area contributed by atoms with Crippen molar-refractivity contribution < 1.29 is 22.7 Å². The molecule has 2 atom stereocenters. The minimum absolute atomic E-state index is 0.00336. The van der Waals surface area contributed by atoms with Crippen LogP contribution in [0, 0.1) is 12.8 Å². The summed E-state index contributed by atoms with van der Waals surface area (Å²) < 4.78 is 33.0. The van der Waals surface area contributed by atoms with Crippen molar-refractivity contribution in [2.45, 2.75) is 30.7 Å². The number of carbonyl (C=O) groups excluding carboxylic acids is 2. The van der Waals surface area contributed by atoms with Crippen molar-refractivity contribution in [3.63, 3.8) is 0 Å². The van der Waals surface area contributed by atoms with E-state index in [0.717, 1.165) is 16.7 Å². The molecule has 2 aliphatic rings. The molecule has 0 aromatic heterocycles. The minimum atomic E-state index is -3.96. The maximum Gasteiger partial charge on any atom is 0.324 e. The predicted molar refractivity (Wildman–Crippen MR) is 112 cm³/mol. The summed E-state index contributed by atoms with van der Waals surface area (Å²) >= 11 is 0. The monoisotopic (exact) mass is 425 g/mol. The van der Waals surface area contributed by atoms with Crippen LogP contribution in [0.4, 0.5) is 0 Å². The van der Waals surface area contributed by atoms with Gasteiger partial charge in [-0.3, -0.25) is 9.59 Å². The summed E-state index contributed by atoms with van der Waals surface area (Å²) in [6, 6.07) is 14.8. The van der Waals surface area contributed by atoms with E-state index in [4.69, 9.17) is 4.74 Å². The lowest BCUT2D eigenvalue weighted by Crippen LogP contribution is -2.50. The molecule has 1 aliphatic heterocycles. The molecule has 1 saturated heterocycles. The molecule has 1 heterocycles. The molecule has 0 saturated carbocycles. The number of carbonyl (C=O) groups is 2. The van der Waals surface area contributed by atoms with Crippen LogP contribution in [-0.4, -0.2) is 44.2 Å². The van der Waals surface area contributed by atoms with E-state index >= 15 is 0 Å². The average Bonchev–Trinajstić information content (AvgIpc) is 3.08. The fraction of sp³-hybridized carbons (Fsp3) is 0.304. The van der Waals surface area contributed by atoms with E-state index in [1.807, 2.05) is 37.3 Å². The lowest BCUT2D eigenvalue weighted by atomic mass is 9.88. The van der Waals surface area contributed by atoms with Crippen molar-refractivity contribution in [3.8, 4) is 0 Å². The van der Waals surface area contributed by atoms with E-state index in [2.05, 4.69) is 0 Å². The molecule has 1 aliphatic carbocycles. The Morgan fingerprint density at radius 1 is 1.07 bits per heavy atom. The Bertz CT molecular complexity index is 1120. The van der Waals surface area contributed by atoms with Gasteiger partial charge in [-0.25, -0.2) is 8.42 Å². The molecule has 0 N–H and O–H groups in total. The van der Waals surface area contributed by atoms with E-state index in [1.165, 1.54) is 23.5 Å². The first-order valence-electron chi connectivity index (χ1n) is 9.81. The summed E-state index contributed by atoms with van der Waals surface area (Å²) in [5.41, 5.74) is 3.08. The van der Waals surface area contributed by atoms with Gasteiger partial charge in [-0.1, -0.05) is 48.0 Å². The van der Waals surface area contributed by atoms with Crippen LogP contribution in [0.5, 0.6) is 0 Å². The summed E-state index contributed by atoms with van der Waals surface area (Å²) in [5.74, 6) is -0.786. The summed E-state index contributed by atoms with van der Waals surface area (Å²) in [6.07, 6.45) is 0.515. The van der Waals surface area contributed by atoms with Crippen LogP contribution in [0.3, 0.4) is 0 Å². The molecule has 156 valence electrons. The standard InChI is InChI=1S/C23H23NO5S/c1-15-8-10-18(11-9-15)30(27,28)24-14-19-17(12-20(24)23(26)29-2)13-21(25)22(19)16-6-4-3-5-7-16/h3-11,17,20H,12-14H2,1-2H3/t17-,20+/m1/s1. The van der Waals surface area contributed by atoms with Gasteiger partial charge in [0.05, 0.1) is 12.0 Å². The number of benzene rings is 2. The van der Waals surface area contributed by atoms with Crippen LogP contribution < -0.4 is 0 Å². The van der Waals surface area contributed by atoms with Crippen LogP contribution in [-0.2, 0) is 24.3 Å². The van der Waals surface area contributed by atoms with Crippen molar-refractivity contribution in [2.75, 3.05) is 13.7 Å². The highest BCUT2D eigenvalue weighted by atomic mass is 32.2. The zero-order valence-electron chi connectivity index (χ0n) is 16.9. The number of allylic oxidation sites excluding steroid dienone is 1. The summed E-state index contributed by atoms with van der Waals surface area (Å²) in [7, 11) is -2.71. The van der Waals surface area contributed by atoms with Gasteiger partial charge in [-0.2, -0.15) is 4.31 Å². The van der Waals surface area contributed by atoms with Gasteiger partial charge >= 0.3 is 5.97 Å². The van der Waals surface area contributed by atoms with Gasteiger partial charge in [-0.05, 0) is 42.5 Å². The molecule has 0 radical (unpaired) electrons. The van der Waals surface area contributed by atoms with Crippen molar-refractivity contribution >= 4 is 27.3 Å². The van der Waals surface area contributed by atoms with E-state index in [-0.39, 0.29) is 36.0 Å². The van der Waals surface area contributed by atoms with Crippen LogP contribution in [0.15, 0.2) is 65.1 Å². The number of rotatable bonds is 4. The number of piperidine rings is 1. The zero-order valence-corrected chi connectivity index (χ0v) is 17.7. The van der Waals surface area contributed by atoms with Gasteiger partial charge in [-0.15, -0.1) is 0 Å². The third kappa shape index (κ3) is 3.48. The minimum Gasteiger partial charge on any atom is -0.468 e. The van der Waals surface area contributed by atoms with Gasteiger partial charge in [0, 0.05) is 18.5 Å². The lowest BCUT2D eigenvalue weighted by Gasteiger charge is -2.37. The van der Waals surface area contributed by atoms with Gasteiger partial charge in [0.15, 0.2) is 5.78 Å². The number of fused-ring (bicyclic) bond motifs is 1. The van der Waals surface area contributed by atoms with E-state index in [1.54, 1.807) is 12.1 Å². The van der Waals surface area contributed by atoms with Crippen molar-refractivity contribution in [1.29, 1.82) is 0 Å². The van der Waals surface area contributed by atoms with Crippen LogP contribution >= 0.6 is 0 Å². The fourth-order valence-corrected chi connectivity index (χ4v) is 5.90. The molecule has 0 bridgehead atoms. The normalized spacial score (nSPS) is 22.1. The second-order valence-electron chi connectivity index (χ2n) is 7.73. The molecular formula is C23H23NO5S. The van der Waals surface area contributed by atoms with E-state index in [0.29, 0.717) is 5.57 Å². The van der Waals surface area contributed by atoms with Crippen LogP contribution in [0.1, 0.15) is 24.0 Å².